The average Bonchev–Trinajstić information content (AvgIpc) is 3.56. The highest BCUT2D eigenvalue weighted by Gasteiger charge is 2.19. The van der Waals surface area contributed by atoms with E-state index in [2.05, 4.69) is 131 Å². The fourth-order valence-electron chi connectivity index (χ4n) is 6.02. The first-order chi connectivity index (χ1) is 19.8. The predicted molar refractivity (Wildman–Crippen MR) is 171 cm³/mol. The van der Waals surface area contributed by atoms with Gasteiger partial charge in [-0.15, -0.1) is 11.3 Å². The van der Waals surface area contributed by atoms with Crippen molar-refractivity contribution in [1.29, 1.82) is 0 Å². The summed E-state index contributed by atoms with van der Waals surface area (Å²) in [5, 5.41) is 4.98. The maximum atomic E-state index is 8.08. The Morgan fingerprint density at radius 1 is 0.500 bits per heavy atom. The van der Waals surface area contributed by atoms with Gasteiger partial charge in [0, 0.05) is 30.9 Å². The molecule has 6 aromatic carbocycles. The normalized spacial score (nSPS) is 11.5. The summed E-state index contributed by atoms with van der Waals surface area (Å²) in [7, 11) is 0. The molecule has 2 aromatic heterocycles. The summed E-state index contributed by atoms with van der Waals surface area (Å²) in [6.07, 6.45) is 0. The van der Waals surface area contributed by atoms with E-state index in [-0.39, 0.29) is 0 Å². The molecule has 3 heteroatoms. The summed E-state index contributed by atoms with van der Waals surface area (Å²) in [5.41, 5.74) is 8.26. The van der Waals surface area contributed by atoms with Crippen LogP contribution in [0.4, 0.5) is 5.69 Å². The largest absolute Gasteiger partial charge is 0.318 e. The molecule has 0 bridgehead atoms. The van der Waals surface area contributed by atoms with Crippen LogP contribution in [0.15, 0.2) is 133 Å². The highest BCUT2D eigenvalue weighted by Crippen LogP contribution is 2.42. The van der Waals surface area contributed by atoms with Crippen LogP contribution in [0.25, 0.3) is 74.8 Å². The van der Waals surface area contributed by atoms with Gasteiger partial charge in [-0.25, -0.2) is 4.85 Å². The molecule has 8 rings (SSSR count). The van der Waals surface area contributed by atoms with E-state index in [4.69, 9.17) is 6.57 Å². The highest BCUT2D eigenvalue weighted by molar-refractivity contribution is 7.25. The van der Waals surface area contributed by atoms with E-state index in [0.717, 1.165) is 33.4 Å². The minimum absolute atomic E-state index is 0.639. The maximum Gasteiger partial charge on any atom is 0.211 e. The van der Waals surface area contributed by atoms with E-state index < -0.39 is 0 Å². The number of benzene rings is 6. The third-order valence-corrected chi connectivity index (χ3v) is 8.97. The second-order valence-corrected chi connectivity index (χ2v) is 11.1. The molecule has 0 amide bonds. The number of rotatable bonds is 3. The zero-order valence-electron chi connectivity index (χ0n) is 21.5. The van der Waals surface area contributed by atoms with Gasteiger partial charge in [0.15, 0.2) is 0 Å². The molecule has 0 radical (unpaired) electrons. The third kappa shape index (κ3) is 3.41. The lowest BCUT2D eigenvalue weighted by Gasteiger charge is -2.17. The van der Waals surface area contributed by atoms with E-state index in [1.807, 2.05) is 23.5 Å². The third-order valence-electron chi connectivity index (χ3n) is 7.82. The van der Waals surface area contributed by atoms with E-state index >= 15 is 0 Å². The standard InChI is InChI=1S/C37H22N2S/c1-38-32-16-9-15-27(37(32)39-33-17-5-2-12-28(33)29-13-3-6-18-34(29)39)26-11-8-10-24(22-26)25-20-21-36-31(23-25)30-14-4-7-19-35(30)40-36/h2-23H. The van der Waals surface area contributed by atoms with Gasteiger partial charge in [-0.3, -0.25) is 0 Å². The SMILES string of the molecule is [C-]#[N+]c1cccc(-c2cccc(-c3ccc4sc5ccccc5c4c3)c2)c1-n1c2ccccc2c2ccccc21. The van der Waals surface area contributed by atoms with Gasteiger partial charge < -0.3 is 4.57 Å². The summed E-state index contributed by atoms with van der Waals surface area (Å²) >= 11 is 1.84. The molecule has 2 heterocycles. The van der Waals surface area contributed by atoms with Crippen molar-refractivity contribution in [2.24, 2.45) is 0 Å². The molecule has 0 saturated carbocycles. The van der Waals surface area contributed by atoms with Gasteiger partial charge >= 0.3 is 0 Å². The molecule has 0 atom stereocenters. The zero-order chi connectivity index (χ0) is 26.6. The van der Waals surface area contributed by atoms with Gasteiger partial charge in [-0.1, -0.05) is 97.1 Å². The summed E-state index contributed by atoms with van der Waals surface area (Å²) in [5.74, 6) is 0. The van der Waals surface area contributed by atoms with Crippen molar-refractivity contribution < 1.29 is 0 Å². The van der Waals surface area contributed by atoms with E-state index in [1.54, 1.807) is 0 Å². The van der Waals surface area contributed by atoms with Gasteiger partial charge in [0.05, 0.1) is 23.3 Å². The van der Waals surface area contributed by atoms with Gasteiger partial charge in [0.1, 0.15) is 0 Å². The molecular formula is C37H22N2S. The van der Waals surface area contributed by atoms with E-state index in [1.165, 1.54) is 36.5 Å². The number of fused-ring (bicyclic) bond motifs is 6. The van der Waals surface area contributed by atoms with Crippen LogP contribution in [0.1, 0.15) is 0 Å². The fraction of sp³-hybridized carbons (Fsp3) is 0. The Kier molecular flexibility index (Phi) is 5.10. The molecule has 0 aliphatic heterocycles. The lowest BCUT2D eigenvalue weighted by Crippen LogP contribution is -1.97. The number of para-hydroxylation sites is 3. The molecular weight excluding hydrogens is 504 g/mol. The summed E-state index contributed by atoms with van der Waals surface area (Å²) in [4.78, 5) is 3.99. The van der Waals surface area contributed by atoms with Crippen molar-refractivity contribution in [2.45, 2.75) is 0 Å². The van der Waals surface area contributed by atoms with Crippen molar-refractivity contribution in [3.63, 3.8) is 0 Å². The summed E-state index contributed by atoms with van der Waals surface area (Å²) < 4.78 is 4.89. The van der Waals surface area contributed by atoms with Gasteiger partial charge in [0.2, 0.25) is 5.69 Å². The van der Waals surface area contributed by atoms with Crippen LogP contribution in [-0.2, 0) is 0 Å². The molecule has 0 saturated heterocycles. The van der Waals surface area contributed by atoms with Crippen LogP contribution in [0.2, 0.25) is 0 Å². The molecule has 0 N–H and O–H groups in total. The van der Waals surface area contributed by atoms with Crippen molar-refractivity contribution in [3.8, 4) is 27.9 Å². The quantitative estimate of drug-likeness (QED) is 0.203. The van der Waals surface area contributed by atoms with E-state index in [9.17, 15) is 0 Å². The van der Waals surface area contributed by atoms with Crippen LogP contribution in [0.3, 0.4) is 0 Å². The minimum atomic E-state index is 0.639. The number of aromatic nitrogens is 1. The molecule has 186 valence electrons. The molecule has 0 aliphatic rings. The second-order valence-electron chi connectivity index (χ2n) is 10.0. The molecule has 0 aliphatic carbocycles. The van der Waals surface area contributed by atoms with Crippen LogP contribution < -0.4 is 0 Å². The molecule has 0 fully saturated rings. The van der Waals surface area contributed by atoms with Gasteiger partial charge in [-0.2, -0.15) is 0 Å². The molecule has 0 spiro atoms. The second kappa shape index (κ2) is 8.95. The molecule has 0 unspecified atom stereocenters. The summed E-state index contributed by atoms with van der Waals surface area (Å²) in [6, 6.07) is 47.1. The zero-order valence-corrected chi connectivity index (χ0v) is 22.3. The number of hydrogen-bond acceptors (Lipinski definition) is 1. The monoisotopic (exact) mass is 526 g/mol. The molecule has 8 aromatic rings. The average molecular weight is 527 g/mol. The topological polar surface area (TPSA) is 9.29 Å². The van der Waals surface area contributed by atoms with Crippen LogP contribution in [-0.4, -0.2) is 4.57 Å². The molecule has 40 heavy (non-hydrogen) atoms. The highest BCUT2D eigenvalue weighted by atomic mass is 32.1. The molecule has 2 nitrogen and oxygen atoms in total. The maximum absolute atomic E-state index is 8.08. The lowest BCUT2D eigenvalue weighted by atomic mass is 9.96. The van der Waals surface area contributed by atoms with Gasteiger partial charge in [0.25, 0.3) is 0 Å². The Morgan fingerprint density at radius 2 is 1.12 bits per heavy atom. The first-order valence-electron chi connectivity index (χ1n) is 13.3. The van der Waals surface area contributed by atoms with Crippen molar-refractivity contribution in [2.75, 3.05) is 0 Å². The number of thiophene rings is 1. The Bertz CT molecular complexity index is 2240. The predicted octanol–water partition coefficient (Wildman–Crippen LogP) is 11.0. The number of hydrogen-bond donors (Lipinski definition) is 0. The van der Waals surface area contributed by atoms with Crippen LogP contribution >= 0.6 is 11.3 Å². The van der Waals surface area contributed by atoms with Gasteiger partial charge in [-0.05, 0) is 58.7 Å². The Morgan fingerprint density at radius 3 is 1.90 bits per heavy atom. The Hall–Kier alpha value is -5.17. The number of nitrogens with zero attached hydrogens (tertiary/aromatic N) is 2. The lowest BCUT2D eigenvalue weighted by molar-refractivity contribution is 1.19. The van der Waals surface area contributed by atoms with E-state index in [0.29, 0.717) is 5.69 Å². The first-order valence-corrected chi connectivity index (χ1v) is 14.1. The smallest absolute Gasteiger partial charge is 0.211 e. The Balaban J connectivity index is 1.36. The fourth-order valence-corrected chi connectivity index (χ4v) is 7.11. The minimum Gasteiger partial charge on any atom is -0.318 e. The van der Waals surface area contributed by atoms with Crippen molar-refractivity contribution in [1.82, 2.24) is 4.57 Å². The first kappa shape index (κ1) is 22.8. The Labute approximate surface area is 235 Å². The van der Waals surface area contributed by atoms with Crippen LogP contribution in [0, 0.1) is 6.57 Å². The van der Waals surface area contributed by atoms with Crippen molar-refractivity contribution in [3.05, 3.63) is 145 Å². The summed E-state index contributed by atoms with van der Waals surface area (Å²) in [6.45, 7) is 8.08. The van der Waals surface area contributed by atoms with Crippen LogP contribution in [0.5, 0.6) is 0 Å². The van der Waals surface area contributed by atoms with Crippen molar-refractivity contribution >= 4 is 59.0 Å².